The minimum absolute atomic E-state index is 0.0747. The Labute approximate surface area is 143 Å². The molecule has 1 aromatic carbocycles. The summed E-state index contributed by atoms with van der Waals surface area (Å²) in [6.45, 7) is 4.65. The third-order valence-corrected chi connectivity index (χ3v) is 4.96. The zero-order valence-electron chi connectivity index (χ0n) is 13.0. The third-order valence-electron chi connectivity index (χ3n) is 3.32. The largest absolute Gasteiger partial charge is 0.467 e. The zero-order chi connectivity index (χ0) is 16.4. The number of fused-ring (bicyclic) bond motifs is 1. The number of hydrogen-bond acceptors (Lipinski definition) is 4. The predicted octanol–water partition coefficient (Wildman–Crippen LogP) is 4.44. The highest BCUT2D eigenvalue weighted by atomic mass is 35.5. The number of benzene rings is 1. The van der Waals surface area contributed by atoms with E-state index >= 15 is 0 Å². The number of nitrogens with zero attached hydrogens (tertiary/aromatic N) is 2. The van der Waals surface area contributed by atoms with Crippen molar-refractivity contribution in [3.63, 3.8) is 0 Å². The molecule has 3 aromatic rings. The van der Waals surface area contributed by atoms with Crippen LogP contribution in [0.2, 0.25) is 5.02 Å². The van der Waals surface area contributed by atoms with Gasteiger partial charge in [0.1, 0.15) is 5.76 Å². The molecular weight excluding hydrogens is 332 g/mol. The average Bonchev–Trinajstić information content (AvgIpc) is 3.01. The quantitative estimate of drug-likeness (QED) is 0.505. The molecule has 0 unspecified atom stereocenters. The normalized spacial score (nSPS) is 11.5. The highest BCUT2D eigenvalue weighted by Crippen LogP contribution is 2.22. The van der Waals surface area contributed by atoms with Crippen LogP contribution in [0.1, 0.15) is 19.6 Å². The van der Waals surface area contributed by atoms with E-state index in [9.17, 15) is 4.79 Å². The summed E-state index contributed by atoms with van der Waals surface area (Å²) in [6.07, 6.45) is 1.61. The van der Waals surface area contributed by atoms with Crippen molar-refractivity contribution >= 4 is 34.3 Å². The van der Waals surface area contributed by atoms with E-state index in [0.29, 0.717) is 33.5 Å². The van der Waals surface area contributed by atoms with Gasteiger partial charge in [-0.2, -0.15) is 0 Å². The van der Waals surface area contributed by atoms with E-state index in [2.05, 4.69) is 18.8 Å². The Balaban J connectivity index is 2.12. The van der Waals surface area contributed by atoms with Crippen LogP contribution in [0, 0.1) is 5.92 Å². The van der Waals surface area contributed by atoms with E-state index in [1.807, 2.05) is 12.1 Å². The smallest absolute Gasteiger partial charge is 0.262 e. The molecule has 0 saturated carbocycles. The summed E-state index contributed by atoms with van der Waals surface area (Å²) >= 11 is 7.61. The Kier molecular flexibility index (Phi) is 4.78. The van der Waals surface area contributed by atoms with Crippen LogP contribution in [0.25, 0.3) is 10.9 Å². The first-order valence-corrected chi connectivity index (χ1v) is 8.76. The molecule has 0 N–H and O–H groups in total. The van der Waals surface area contributed by atoms with E-state index in [1.165, 1.54) is 0 Å². The summed E-state index contributed by atoms with van der Waals surface area (Å²) in [7, 11) is 0. The standard InChI is InChI=1S/C17H17ClN2O2S/c1-11(2)10-23-17-19-15-8-12(18)5-6-14(15)16(21)20(17)9-13-4-3-7-22-13/h3-8,11H,9-10H2,1-2H3. The van der Waals surface area contributed by atoms with Crippen molar-refractivity contribution in [2.45, 2.75) is 25.5 Å². The Hall–Kier alpha value is -1.72. The fourth-order valence-electron chi connectivity index (χ4n) is 2.22. The predicted molar refractivity (Wildman–Crippen MR) is 94.4 cm³/mol. The van der Waals surface area contributed by atoms with Gasteiger partial charge in [-0.05, 0) is 36.2 Å². The molecule has 120 valence electrons. The number of rotatable bonds is 5. The molecule has 4 nitrogen and oxygen atoms in total. The molecule has 0 spiro atoms. The van der Waals surface area contributed by atoms with Crippen molar-refractivity contribution in [3.05, 3.63) is 57.7 Å². The summed E-state index contributed by atoms with van der Waals surface area (Å²) in [4.78, 5) is 17.5. The molecule has 0 bridgehead atoms. The van der Waals surface area contributed by atoms with Crippen molar-refractivity contribution in [2.24, 2.45) is 5.92 Å². The minimum atomic E-state index is -0.0747. The van der Waals surface area contributed by atoms with Gasteiger partial charge in [0.25, 0.3) is 5.56 Å². The lowest BCUT2D eigenvalue weighted by molar-refractivity contribution is 0.476. The molecule has 6 heteroatoms. The second kappa shape index (κ2) is 6.81. The fraction of sp³-hybridized carbons (Fsp3) is 0.294. The number of thioether (sulfide) groups is 1. The maximum Gasteiger partial charge on any atom is 0.262 e. The van der Waals surface area contributed by atoms with Gasteiger partial charge in [0.05, 0.1) is 23.7 Å². The first kappa shape index (κ1) is 16.1. The SMILES string of the molecule is CC(C)CSc1nc2cc(Cl)ccc2c(=O)n1Cc1ccco1. The monoisotopic (exact) mass is 348 g/mol. The molecule has 0 saturated heterocycles. The lowest BCUT2D eigenvalue weighted by Crippen LogP contribution is -2.24. The first-order chi connectivity index (χ1) is 11.0. The van der Waals surface area contributed by atoms with Crippen LogP contribution in [0.15, 0.2) is 51.0 Å². The molecule has 0 radical (unpaired) electrons. The molecule has 0 amide bonds. The number of hydrogen-bond donors (Lipinski definition) is 0. The second-order valence-electron chi connectivity index (χ2n) is 5.73. The van der Waals surface area contributed by atoms with Crippen LogP contribution in [0.4, 0.5) is 0 Å². The summed E-state index contributed by atoms with van der Waals surface area (Å²) in [5.74, 6) is 2.12. The van der Waals surface area contributed by atoms with Gasteiger partial charge in [-0.3, -0.25) is 9.36 Å². The molecule has 3 rings (SSSR count). The van der Waals surface area contributed by atoms with Crippen LogP contribution in [0.5, 0.6) is 0 Å². The zero-order valence-corrected chi connectivity index (χ0v) is 14.5. The average molecular weight is 349 g/mol. The third kappa shape index (κ3) is 3.62. The molecular formula is C17H17ClN2O2S. The van der Waals surface area contributed by atoms with E-state index < -0.39 is 0 Å². The van der Waals surface area contributed by atoms with Gasteiger partial charge >= 0.3 is 0 Å². The van der Waals surface area contributed by atoms with Gasteiger partial charge in [0.2, 0.25) is 0 Å². The van der Waals surface area contributed by atoms with E-state index in [0.717, 1.165) is 11.5 Å². The number of halogens is 1. The van der Waals surface area contributed by atoms with Gasteiger partial charge < -0.3 is 4.42 Å². The van der Waals surface area contributed by atoms with Gasteiger partial charge in [0.15, 0.2) is 5.16 Å². The number of aromatic nitrogens is 2. The molecule has 0 aliphatic carbocycles. The maximum atomic E-state index is 12.9. The first-order valence-electron chi connectivity index (χ1n) is 7.40. The second-order valence-corrected chi connectivity index (χ2v) is 7.15. The van der Waals surface area contributed by atoms with Gasteiger partial charge in [-0.15, -0.1) is 0 Å². The van der Waals surface area contributed by atoms with Crippen LogP contribution >= 0.6 is 23.4 Å². The molecule has 0 aliphatic rings. The minimum Gasteiger partial charge on any atom is -0.467 e. The summed E-state index contributed by atoms with van der Waals surface area (Å²) in [5.41, 5.74) is 0.554. The molecule has 0 aliphatic heterocycles. The van der Waals surface area contributed by atoms with Gasteiger partial charge in [-0.25, -0.2) is 4.98 Å². The van der Waals surface area contributed by atoms with Crippen molar-refractivity contribution < 1.29 is 4.42 Å². The molecule has 2 heterocycles. The maximum absolute atomic E-state index is 12.9. The highest BCUT2D eigenvalue weighted by Gasteiger charge is 2.14. The highest BCUT2D eigenvalue weighted by molar-refractivity contribution is 7.99. The van der Waals surface area contributed by atoms with E-state index in [4.69, 9.17) is 16.0 Å². The Morgan fingerprint density at radius 2 is 2.17 bits per heavy atom. The lowest BCUT2D eigenvalue weighted by Gasteiger charge is -2.13. The summed E-state index contributed by atoms with van der Waals surface area (Å²) < 4.78 is 7.06. The lowest BCUT2D eigenvalue weighted by atomic mass is 10.2. The van der Waals surface area contributed by atoms with Crippen LogP contribution in [-0.4, -0.2) is 15.3 Å². The van der Waals surface area contributed by atoms with Gasteiger partial charge in [-0.1, -0.05) is 37.2 Å². The topological polar surface area (TPSA) is 48.0 Å². The molecule has 0 fully saturated rings. The van der Waals surface area contributed by atoms with Crippen LogP contribution < -0.4 is 5.56 Å². The van der Waals surface area contributed by atoms with Crippen LogP contribution in [0.3, 0.4) is 0 Å². The Morgan fingerprint density at radius 3 is 2.87 bits per heavy atom. The molecule has 23 heavy (non-hydrogen) atoms. The van der Waals surface area contributed by atoms with Crippen molar-refractivity contribution in [1.29, 1.82) is 0 Å². The summed E-state index contributed by atoms with van der Waals surface area (Å²) in [5, 5.41) is 1.83. The van der Waals surface area contributed by atoms with E-state index in [-0.39, 0.29) is 5.56 Å². The Bertz CT molecular complexity index is 872. The molecule has 0 atom stereocenters. The number of furan rings is 1. The van der Waals surface area contributed by atoms with Crippen LogP contribution in [-0.2, 0) is 6.54 Å². The van der Waals surface area contributed by atoms with Crippen molar-refractivity contribution in [2.75, 3.05) is 5.75 Å². The molecule has 2 aromatic heterocycles. The van der Waals surface area contributed by atoms with Gasteiger partial charge in [0, 0.05) is 10.8 Å². The Morgan fingerprint density at radius 1 is 1.35 bits per heavy atom. The summed E-state index contributed by atoms with van der Waals surface area (Å²) in [6, 6.07) is 8.84. The van der Waals surface area contributed by atoms with Crippen molar-refractivity contribution in [3.8, 4) is 0 Å². The fourth-order valence-corrected chi connectivity index (χ4v) is 3.34. The van der Waals surface area contributed by atoms with Crippen molar-refractivity contribution in [1.82, 2.24) is 9.55 Å². The van der Waals surface area contributed by atoms with E-state index in [1.54, 1.807) is 40.8 Å².